The number of pyridine rings is 1. The van der Waals surface area contributed by atoms with Gasteiger partial charge in [0, 0.05) is 17.3 Å². The lowest BCUT2D eigenvalue weighted by atomic mass is 10.2. The summed E-state index contributed by atoms with van der Waals surface area (Å²) in [6.45, 7) is 2.04. The Kier molecular flexibility index (Phi) is 4.53. The van der Waals surface area contributed by atoms with Crippen LogP contribution in [0.5, 0.6) is 5.75 Å². The average molecular weight is 344 g/mol. The van der Waals surface area contributed by atoms with Gasteiger partial charge >= 0.3 is 5.97 Å². The van der Waals surface area contributed by atoms with E-state index in [-0.39, 0.29) is 17.9 Å². The number of aromatic nitrogens is 1. The number of rotatable bonds is 4. The zero-order chi connectivity index (χ0) is 17.1. The third-order valence-corrected chi connectivity index (χ3v) is 3.66. The van der Waals surface area contributed by atoms with Gasteiger partial charge in [-0.2, -0.15) is 0 Å². The molecule has 24 heavy (non-hydrogen) atoms. The van der Waals surface area contributed by atoms with Crippen LogP contribution in [-0.2, 0) is 6.54 Å². The van der Waals surface area contributed by atoms with Gasteiger partial charge in [0.15, 0.2) is 0 Å². The van der Waals surface area contributed by atoms with E-state index >= 15 is 0 Å². The molecule has 2 heterocycles. The van der Waals surface area contributed by atoms with Crippen LogP contribution in [0.3, 0.4) is 0 Å². The number of hydrogen-bond donors (Lipinski definition) is 0. The average Bonchev–Trinajstić information content (AvgIpc) is 3.01. The number of nitrogens with zero attached hydrogens (tertiary/aromatic N) is 1. The molecule has 0 unspecified atom stereocenters. The number of ether oxygens (including phenoxy) is 1. The van der Waals surface area contributed by atoms with Gasteiger partial charge in [0.05, 0.1) is 6.54 Å². The van der Waals surface area contributed by atoms with Crippen molar-refractivity contribution in [1.29, 1.82) is 0 Å². The molecule has 0 saturated carbocycles. The molecular formula is C18H14ClNO4. The minimum absolute atomic E-state index is 0.0725. The summed E-state index contributed by atoms with van der Waals surface area (Å²) in [4.78, 5) is 23.9. The fourth-order valence-corrected chi connectivity index (χ4v) is 2.44. The van der Waals surface area contributed by atoms with Crippen LogP contribution in [0, 0.1) is 6.92 Å². The molecule has 3 rings (SSSR count). The zero-order valence-corrected chi connectivity index (χ0v) is 13.6. The Hall–Kier alpha value is -2.79. The fourth-order valence-electron chi connectivity index (χ4n) is 2.21. The van der Waals surface area contributed by atoms with E-state index in [1.54, 1.807) is 49.5 Å². The van der Waals surface area contributed by atoms with Gasteiger partial charge in [-0.25, -0.2) is 4.79 Å². The standard InChI is InChI=1S/C18H14ClNO4/c1-12-10-13(19)5-7-15(12)24-18(22)16-8-6-14(23-16)11-20-9-3-2-4-17(20)21/h2-10H,11H2,1H3. The summed E-state index contributed by atoms with van der Waals surface area (Å²) in [6, 6.07) is 13.0. The molecular weight excluding hydrogens is 330 g/mol. The van der Waals surface area contributed by atoms with Gasteiger partial charge in [-0.1, -0.05) is 17.7 Å². The number of carbonyl (C=O) groups is 1. The van der Waals surface area contributed by atoms with Gasteiger partial charge in [-0.3, -0.25) is 4.79 Å². The molecule has 0 saturated heterocycles. The van der Waals surface area contributed by atoms with Crippen molar-refractivity contribution in [2.24, 2.45) is 0 Å². The predicted molar refractivity (Wildman–Crippen MR) is 89.7 cm³/mol. The molecule has 0 spiro atoms. The third kappa shape index (κ3) is 3.58. The second-order valence-electron chi connectivity index (χ2n) is 5.23. The number of esters is 1. The molecule has 0 aliphatic heterocycles. The van der Waals surface area contributed by atoms with Crippen molar-refractivity contribution >= 4 is 17.6 Å². The number of benzene rings is 1. The molecule has 5 nitrogen and oxygen atoms in total. The monoisotopic (exact) mass is 343 g/mol. The molecule has 0 atom stereocenters. The summed E-state index contributed by atoms with van der Waals surface area (Å²) in [7, 11) is 0. The third-order valence-electron chi connectivity index (χ3n) is 3.43. The number of hydrogen-bond acceptors (Lipinski definition) is 4. The minimum Gasteiger partial charge on any atom is -0.452 e. The smallest absolute Gasteiger partial charge is 0.379 e. The highest BCUT2D eigenvalue weighted by Gasteiger charge is 2.15. The van der Waals surface area contributed by atoms with E-state index in [2.05, 4.69) is 0 Å². The molecule has 0 fully saturated rings. The molecule has 0 amide bonds. The largest absolute Gasteiger partial charge is 0.452 e. The lowest BCUT2D eigenvalue weighted by Crippen LogP contribution is -2.17. The van der Waals surface area contributed by atoms with Crippen molar-refractivity contribution < 1.29 is 13.9 Å². The van der Waals surface area contributed by atoms with Crippen LogP contribution in [-0.4, -0.2) is 10.5 Å². The van der Waals surface area contributed by atoms with E-state index in [0.717, 1.165) is 5.56 Å². The van der Waals surface area contributed by atoms with Crippen molar-refractivity contribution in [1.82, 2.24) is 4.57 Å². The summed E-state index contributed by atoms with van der Waals surface area (Å²) in [6.07, 6.45) is 1.65. The Morgan fingerprint density at radius 2 is 2.04 bits per heavy atom. The van der Waals surface area contributed by atoms with Gasteiger partial charge in [0.1, 0.15) is 11.5 Å². The molecule has 0 radical (unpaired) electrons. The van der Waals surface area contributed by atoms with Gasteiger partial charge in [-0.15, -0.1) is 0 Å². The highest BCUT2D eigenvalue weighted by molar-refractivity contribution is 6.30. The quantitative estimate of drug-likeness (QED) is 0.535. The van der Waals surface area contributed by atoms with Gasteiger partial charge in [0.2, 0.25) is 5.76 Å². The van der Waals surface area contributed by atoms with Gasteiger partial charge in [-0.05, 0) is 48.9 Å². The summed E-state index contributed by atoms with van der Waals surface area (Å²) in [5.74, 6) is 0.375. The summed E-state index contributed by atoms with van der Waals surface area (Å²) in [5, 5.41) is 0.570. The Balaban J connectivity index is 1.74. The number of carbonyl (C=O) groups excluding carboxylic acids is 1. The van der Waals surface area contributed by atoms with Crippen LogP contribution >= 0.6 is 11.6 Å². The Morgan fingerprint density at radius 3 is 2.79 bits per heavy atom. The van der Waals surface area contributed by atoms with Gasteiger partial charge < -0.3 is 13.7 Å². The maximum absolute atomic E-state index is 12.2. The topological polar surface area (TPSA) is 61.4 Å². The van der Waals surface area contributed by atoms with Crippen LogP contribution in [0.25, 0.3) is 0 Å². The summed E-state index contributed by atoms with van der Waals surface area (Å²) < 4.78 is 12.3. The highest BCUT2D eigenvalue weighted by Crippen LogP contribution is 2.23. The Morgan fingerprint density at radius 1 is 1.21 bits per heavy atom. The van der Waals surface area contributed by atoms with Crippen LogP contribution in [0.2, 0.25) is 5.02 Å². The first-order chi connectivity index (χ1) is 11.5. The van der Waals surface area contributed by atoms with Crippen molar-refractivity contribution in [3.05, 3.63) is 87.2 Å². The lowest BCUT2D eigenvalue weighted by molar-refractivity contribution is 0.0698. The minimum atomic E-state index is -0.605. The van der Waals surface area contributed by atoms with Crippen molar-refractivity contribution in [2.45, 2.75) is 13.5 Å². The summed E-state index contributed by atoms with van der Waals surface area (Å²) >= 11 is 5.88. The van der Waals surface area contributed by atoms with E-state index in [1.165, 1.54) is 16.7 Å². The molecule has 0 bridgehead atoms. The first-order valence-corrected chi connectivity index (χ1v) is 7.63. The van der Waals surface area contributed by atoms with Crippen molar-refractivity contribution in [2.75, 3.05) is 0 Å². The number of furan rings is 1. The maximum atomic E-state index is 12.2. The SMILES string of the molecule is Cc1cc(Cl)ccc1OC(=O)c1ccc(Cn2ccccc2=O)o1. The molecule has 3 aromatic rings. The first kappa shape index (κ1) is 16.1. The van der Waals surface area contributed by atoms with Crippen LogP contribution in [0.1, 0.15) is 21.9 Å². The van der Waals surface area contributed by atoms with E-state index in [4.69, 9.17) is 20.8 Å². The van der Waals surface area contributed by atoms with Crippen LogP contribution < -0.4 is 10.3 Å². The zero-order valence-electron chi connectivity index (χ0n) is 12.9. The molecule has 0 aliphatic rings. The van der Waals surface area contributed by atoms with Crippen molar-refractivity contribution in [3.63, 3.8) is 0 Å². The molecule has 2 aromatic heterocycles. The molecule has 122 valence electrons. The summed E-state index contributed by atoms with van der Waals surface area (Å²) in [5.41, 5.74) is 0.605. The van der Waals surface area contributed by atoms with E-state index in [1.807, 2.05) is 0 Å². The molecule has 6 heteroatoms. The number of aryl methyl sites for hydroxylation is 1. The first-order valence-electron chi connectivity index (χ1n) is 7.25. The van der Waals surface area contributed by atoms with Crippen molar-refractivity contribution in [3.8, 4) is 5.75 Å². The molecule has 0 aliphatic carbocycles. The van der Waals surface area contributed by atoms with Crippen LogP contribution in [0.4, 0.5) is 0 Å². The Labute approximate surface area is 143 Å². The number of halogens is 1. The second-order valence-corrected chi connectivity index (χ2v) is 5.67. The van der Waals surface area contributed by atoms with Crippen LogP contribution in [0.15, 0.2) is 63.9 Å². The normalized spacial score (nSPS) is 10.6. The molecule has 1 aromatic carbocycles. The fraction of sp³-hybridized carbons (Fsp3) is 0.111. The van der Waals surface area contributed by atoms with E-state index < -0.39 is 5.97 Å². The highest BCUT2D eigenvalue weighted by atomic mass is 35.5. The second kappa shape index (κ2) is 6.76. The Bertz CT molecular complexity index is 942. The van der Waals surface area contributed by atoms with Gasteiger partial charge in [0.25, 0.3) is 5.56 Å². The molecule has 0 N–H and O–H groups in total. The maximum Gasteiger partial charge on any atom is 0.379 e. The predicted octanol–water partition coefficient (Wildman–Crippen LogP) is 3.67. The van der Waals surface area contributed by atoms with E-state index in [9.17, 15) is 9.59 Å². The lowest BCUT2D eigenvalue weighted by Gasteiger charge is -2.06. The van der Waals surface area contributed by atoms with E-state index in [0.29, 0.717) is 16.5 Å².